The zero-order valence-corrected chi connectivity index (χ0v) is 10.0. The van der Waals surface area contributed by atoms with Gasteiger partial charge < -0.3 is 24.6 Å². The molecule has 0 amide bonds. The van der Waals surface area contributed by atoms with Gasteiger partial charge in [0.25, 0.3) is 0 Å². The van der Waals surface area contributed by atoms with E-state index in [9.17, 15) is 0 Å². The molecule has 0 aromatic heterocycles. The van der Waals surface area contributed by atoms with Gasteiger partial charge in [-0.25, -0.2) is 0 Å². The van der Waals surface area contributed by atoms with Gasteiger partial charge in [0.2, 0.25) is 0 Å². The van der Waals surface area contributed by atoms with Crippen molar-refractivity contribution >= 4 is 0 Å². The van der Waals surface area contributed by atoms with Gasteiger partial charge in [-0.3, -0.25) is 0 Å². The van der Waals surface area contributed by atoms with E-state index in [2.05, 4.69) is 5.32 Å². The van der Waals surface area contributed by atoms with Crippen LogP contribution in [0.1, 0.15) is 13.3 Å². The lowest BCUT2D eigenvalue weighted by molar-refractivity contribution is -0.122. The van der Waals surface area contributed by atoms with Gasteiger partial charge in [0, 0.05) is 34.0 Å². The predicted octanol–water partition coefficient (Wildman–Crippen LogP) is -0.0192. The molecule has 92 valence electrons. The Hall–Kier alpha value is -0.200. The summed E-state index contributed by atoms with van der Waals surface area (Å²) in [5.41, 5.74) is 0. The number of aliphatic hydroxyl groups excluding tert-OH is 1. The van der Waals surface area contributed by atoms with Gasteiger partial charge in [-0.05, 0) is 13.3 Å². The number of hydrogen-bond acceptors (Lipinski definition) is 5. The molecule has 0 aromatic carbocycles. The van der Waals surface area contributed by atoms with E-state index in [1.165, 1.54) is 0 Å². The summed E-state index contributed by atoms with van der Waals surface area (Å²) in [5.74, 6) is 0. The van der Waals surface area contributed by atoms with Crippen molar-refractivity contribution in [3.8, 4) is 0 Å². The molecule has 0 spiro atoms. The van der Waals surface area contributed by atoms with Crippen LogP contribution in [0, 0.1) is 0 Å². The number of nitrogens with one attached hydrogen (secondary N) is 1. The first-order valence-electron chi connectivity index (χ1n) is 5.11. The fourth-order valence-electron chi connectivity index (χ4n) is 1.53. The first-order valence-corrected chi connectivity index (χ1v) is 5.11. The summed E-state index contributed by atoms with van der Waals surface area (Å²) in [5, 5.41) is 12.2. The summed E-state index contributed by atoms with van der Waals surface area (Å²) in [6, 6.07) is 0.162. The van der Waals surface area contributed by atoms with Gasteiger partial charge >= 0.3 is 0 Å². The summed E-state index contributed by atoms with van der Waals surface area (Å²) < 4.78 is 15.3. The van der Waals surface area contributed by atoms with Crippen LogP contribution in [-0.4, -0.2) is 58.0 Å². The number of hydrogen-bond donors (Lipinski definition) is 2. The highest BCUT2D eigenvalue weighted by Gasteiger charge is 2.19. The van der Waals surface area contributed by atoms with Crippen molar-refractivity contribution in [2.24, 2.45) is 0 Å². The fraction of sp³-hybridized carbons (Fsp3) is 1.00. The molecule has 0 aromatic rings. The van der Waals surface area contributed by atoms with Gasteiger partial charge in [0.1, 0.15) is 0 Å². The SMILES string of the molecule is COCC(CCO)NC(C)C(OC)OC. The molecule has 2 atom stereocenters. The average molecular weight is 221 g/mol. The molecule has 15 heavy (non-hydrogen) atoms. The molecule has 5 nitrogen and oxygen atoms in total. The first-order chi connectivity index (χ1) is 7.19. The number of methoxy groups -OCH3 is 3. The normalized spacial score (nSPS) is 15.6. The second kappa shape index (κ2) is 9.06. The van der Waals surface area contributed by atoms with Gasteiger partial charge in [-0.2, -0.15) is 0 Å². The molecule has 0 heterocycles. The molecule has 0 saturated heterocycles. The van der Waals surface area contributed by atoms with Crippen LogP contribution in [0.4, 0.5) is 0 Å². The summed E-state index contributed by atoms with van der Waals surface area (Å²) in [6.07, 6.45) is 0.362. The number of rotatable bonds is 9. The highest BCUT2D eigenvalue weighted by molar-refractivity contribution is 4.73. The number of aliphatic hydroxyl groups is 1. The molecule has 0 fully saturated rings. The van der Waals surface area contributed by atoms with Gasteiger partial charge in [-0.15, -0.1) is 0 Å². The molecule has 5 heteroatoms. The van der Waals surface area contributed by atoms with Crippen LogP contribution in [0.3, 0.4) is 0 Å². The van der Waals surface area contributed by atoms with Crippen molar-refractivity contribution in [2.45, 2.75) is 31.7 Å². The smallest absolute Gasteiger partial charge is 0.171 e. The molecule has 2 unspecified atom stereocenters. The van der Waals surface area contributed by atoms with E-state index in [1.54, 1.807) is 21.3 Å². The largest absolute Gasteiger partial charge is 0.396 e. The monoisotopic (exact) mass is 221 g/mol. The van der Waals surface area contributed by atoms with E-state index in [0.717, 1.165) is 0 Å². The fourth-order valence-corrected chi connectivity index (χ4v) is 1.53. The number of ether oxygens (including phenoxy) is 3. The van der Waals surface area contributed by atoms with E-state index in [4.69, 9.17) is 19.3 Å². The molecular weight excluding hydrogens is 198 g/mol. The Morgan fingerprint density at radius 1 is 1.20 bits per heavy atom. The second-order valence-electron chi connectivity index (χ2n) is 3.46. The van der Waals surface area contributed by atoms with Crippen LogP contribution in [0.2, 0.25) is 0 Å². The molecule has 0 aliphatic carbocycles. The van der Waals surface area contributed by atoms with Gasteiger partial charge in [-0.1, -0.05) is 0 Å². The lowest BCUT2D eigenvalue weighted by Gasteiger charge is -2.27. The predicted molar refractivity (Wildman–Crippen MR) is 57.8 cm³/mol. The van der Waals surface area contributed by atoms with Crippen molar-refractivity contribution in [1.29, 1.82) is 0 Å². The van der Waals surface area contributed by atoms with Crippen LogP contribution in [0.25, 0.3) is 0 Å². The van der Waals surface area contributed by atoms with Crippen LogP contribution in [-0.2, 0) is 14.2 Å². The highest BCUT2D eigenvalue weighted by Crippen LogP contribution is 2.02. The zero-order valence-electron chi connectivity index (χ0n) is 10.0. The quantitative estimate of drug-likeness (QED) is 0.536. The topological polar surface area (TPSA) is 60.0 Å². The molecule has 2 N–H and O–H groups in total. The van der Waals surface area contributed by atoms with Crippen molar-refractivity contribution in [3.63, 3.8) is 0 Å². The first kappa shape index (κ1) is 14.8. The van der Waals surface area contributed by atoms with Crippen molar-refractivity contribution in [2.75, 3.05) is 34.5 Å². The van der Waals surface area contributed by atoms with E-state index >= 15 is 0 Å². The Bertz CT molecular complexity index is 135. The van der Waals surface area contributed by atoms with Crippen LogP contribution >= 0.6 is 0 Å². The van der Waals surface area contributed by atoms with E-state index in [-0.39, 0.29) is 25.0 Å². The minimum atomic E-state index is -0.289. The lowest BCUT2D eigenvalue weighted by atomic mass is 10.2. The zero-order chi connectivity index (χ0) is 11.7. The third kappa shape index (κ3) is 6.06. The minimum Gasteiger partial charge on any atom is -0.396 e. The Morgan fingerprint density at radius 3 is 2.20 bits per heavy atom. The summed E-state index contributed by atoms with van der Waals surface area (Å²) in [4.78, 5) is 0. The average Bonchev–Trinajstić information content (AvgIpc) is 2.20. The van der Waals surface area contributed by atoms with Crippen molar-refractivity contribution in [3.05, 3.63) is 0 Å². The molecule has 0 aliphatic rings. The highest BCUT2D eigenvalue weighted by atomic mass is 16.7. The van der Waals surface area contributed by atoms with Crippen molar-refractivity contribution in [1.82, 2.24) is 5.32 Å². The molecule has 0 saturated carbocycles. The standard InChI is InChI=1S/C10H23NO4/c1-8(10(14-3)15-4)11-9(5-6-12)7-13-2/h8-12H,5-7H2,1-4H3. The third-order valence-electron chi connectivity index (χ3n) is 2.22. The van der Waals surface area contributed by atoms with Gasteiger partial charge in [0.15, 0.2) is 6.29 Å². The van der Waals surface area contributed by atoms with Crippen LogP contribution in [0.5, 0.6) is 0 Å². The minimum absolute atomic E-state index is 0.0479. The Labute approximate surface area is 91.7 Å². The van der Waals surface area contributed by atoms with Crippen LogP contribution in [0.15, 0.2) is 0 Å². The second-order valence-corrected chi connectivity index (χ2v) is 3.46. The third-order valence-corrected chi connectivity index (χ3v) is 2.22. The molecule has 0 radical (unpaired) electrons. The summed E-state index contributed by atoms with van der Waals surface area (Å²) in [6.45, 7) is 2.67. The lowest BCUT2D eigenvalue weighted by Crippen LogP contribution is -2.47. The molecule has 0 bridgehead atoms. The van der Waals surface area contributed by atoms with E-state index < -0.39 is 0 Å². The van der Waals surface area contributed by atoms with E-state index in [1.807, 2.05) is 6.92 Å². The molecule has 0 rings (SSSR count). The Balaban J connectivity index is 4.01. The summed E-state index contributed by atoms with van der Waals surface area (Å²) in [7, 11) is 4.84. The molecular formula is C10H23NO4. The van der Waals surface area contributed by atoms with Crippen LogP contribution < -0.4 is 5.32 Å². The maximum Gasteiger partial charge on any atom is 0.171 e. The Kier molecular flexibility index (Phi) is 8.94. The van der Waals surface area contributed by atoms with Crippen molar-refractivity contribution < 1.29 is 19.3 Å². The maximum absolute atomic E-state index is 8.87. The molecule has 0 aliphatic heterocycles. The summed E-state index contributed by atoms with van der Waals surface area (Å²) >= 11 is 0. The Morgan fingerprint density at radius 2 is 1.80 bits per heavy atom. The maximum atomic E-state index is 8.87. The van der Waals surface area contributed by atoms with E-state index in [0.29, 0.717) is 13.0 Å². The van der Waals surface area contributed by atoms with Gasteiger partial charge in [0.05, 0.1) is 12.6 Å².